The normalized spacial score (nSPS) is 11.8. The lowest BCUT2D eigenvalue weighted by Gasteiger charge is -2.07. The Bertz CT molecular complexity index is 1250. The second-order valence-corrected chi connectivity index (χ2v) is 7.22. The molecule has 0 N–H and O–H groups in total. The highest BCUT2D eigenvalue weighted by molar-refractivity contribution is 6.12. The highest BCUT2D eigenvalue weighted by Crippen LogP contribution is 2.38. The smallest absolute Gasteiger partial charge is 0.143 e. The Kier molecular flexibility index (Phi) is 3.36. The Labute approximate surface area is 152 Å². The predicted molar refractivity (Wildman–Crippen MR) is 111 cm³/mol. The summed E-state index contributed by atoms with van der Waals surface area (Å²) in [7, 11) is 0. The monoisotopic (exact) mass is 336 g/mol. The van der Waals surface area contributed by atoms with Crippen LogP contribution in [-0.4, -0.2) is 0 Å². The van der Waals surface area contributed by atoms with E-state index in [1.54, 1.807) is 0 Å². The van der Waals surface area contributed by atoms with Crippen LogP contribution in [0.5, 0.6) is 0 Å². The highest BCUT2D eigenvalue weighted by atomic mass is 16.3. The summed E-state index contributed by atoms with van der Waals surface area (Å²) in [4.78, 5) is 0. The molecule has 0 fully saturated rings. The Morgan fingerprint density at radius 3 is 2.27 bits per heavy atom. The predicted octanol–water partition coefficient (Wildman–Crippen LogP) is 7.53. The molecule has 126 valence electrons. The van der Waals surface area contributed by atoms with Gasteiger partial charge in [0, 0.05) is 16.3 Å². The SMILES string of the molecule is CC(C)c1ccc2c(c1)oc1c(-c3cccc4ccccc34)cccc12. The van der Waals surface area contributed by atoms with Crippen molar-refractivity contribution in [2.75, 3.05) is 0 Å². The minimum absolute atomic E-state index is 0.491. The topological polar surface area (TPSA) is 13.1 Å². The number of hydrogen-bond acceptors (Lipinski definition) is 1. The lowest BCUT2D eigenvalue weighted by molar-refractivity contribution is 0.668. The van der Waals surface area contributed by atoms with Gasteiger partial charge in [-0.3, -0.25) is 0 Å². The maximum absolute atomic E-state index is 6.38. The Hall–Kier alpha value is -3.06. The standard InChI is InChI=1S/C25H20O/c1-16(2)18-13-14-21-23-12-6-11-22(25(23)26-24(21)15-18)20-10-5-8-17-7-3-4-9-19(17)20/h3-16H,1-2H3. The van der Waals surface area contributed by atoms with Crippen LogP contribution in [0.25, 0.3) is 43.8 Å². The molecule has 5 rings (SSSR count). The van der Waals surface area contributed by atoms with E-state index >= 15 is 0 Å². The summed E-state index contributed by atoms with van der Waals surface area (Å²) < 4.78 is 6.38. The third-order valence-corrected chi connectivity index (χ3v) is 5.27. The van der Waals surface area contributed by atoms with Crippen molar-refractivity contribution < 1.29 is 4.42 Å². The van der Waals surface area contributed by atoms with Gasteiger partial charge in [-0.05, 0) is 33.9 Å². The minimum Gasteiger partial charge on any atom is -0.455 e. The van der Waals surface area contributed by atoms with E-state index in [9.17, 15) is 0 Å². The summed E-state index contributed by atoms with van der Waals surface area (Å²) in [5.41, 5.74) is 5.63. The van der Waals surface area contributed by atoms with Gasteiger partial charge in [-0.15, -0.1) is 0 Å². The lowest BCUT2D eigenvalue weighted by Crippen LogP contribution is -1.84. The Morgan fingerprint density at radius 1 is 0.654 bits per heavy atom. The van der Waals surface area contributed by atoms with E-state index in [1.807, 2.05) is 0 Å². The second-order valence-electron chi connectivity index (χ2n) is 7.22. The number of furan rings is 1. The molecule has 0 aliphatic carbocycles. The first kappa shape index (κ1) is 15.2. The molecular weight excluding hydrogens is 316 g/mol. The number of para-hydroxylation sites is 1. The summed E-state index contributed by atoms with van der Waals surface area (Å²) in [6.45, 7) is 4.43. The molecule has 0 aliphatic rings. The van der Waals surface area contributed by atoms with Crippen molar-refractivity contribution in [1.29, 1.82) is 0 Å². The molecular formula is C25H20O. The molecule has 0 unspecified atom stereocenters. The number of benzene rings is 4. The van der Waals surface area contributed by atoms with Crippen molar-refractivity contribution in [1.82, 2.24) is 0 Å². The number of fused-ring (bicyclic) bond motifs is 4. The summed E-state index contributed by atoms with van der Waals surface area (Å²) in [6, 6.07) is 28.0. The second kappa shape index (κ2) is 5.74. The van der Waals surface area contributed by atoms with E-state index < -0.39 is 0 Å². The van der Waals surface area contributed by atoms with Crippen molar-refractivity contribution >= 4 is 32.7 Å². The minimum atomic E-state index is 0.491. The van der Waals surface area contributed by atoms with Gasteiger partial charge in [-0.1, -0.05) is 86.6 Å². The summed E-state index contributed by atoms with van der Waals surface area (Å²) in [6.07, 6.45) is 0. The van der Waals surface area contributed by atoms with E-state index in [-0.39, 0.29) is 0 Å². The third kappa shape index (κ3) is 2.24. The van der Waals surface area contributed by atoms with Crippen molar-refractivity contribution in [3.05, 3.63) is 84.4 Å². The van der Waals surface area contributed by atoms with Crippen molar-refractivity contribution in [2.45, 2.75) is 19.8 Å². The number of hydrogen-bond donors (Lipinski definition) is 0. The fourth-order valence-electron chi connectivity index (χ4n) is 3.85. The van der Waals surface area contributed by atoms with Gasteiger partial charge >= 0.3 is 0 Å². The molecule has 0 bridgehead atoms. The van der Waals surface area contributed by atoms with Gasteiger partial charge in [-0.2, -0.15) is 0 Å². The Morgan fingerprint density at radius 2 is 1.38 bits per heavy atom. The molecule has 0 atom stereocenters. The molecule has 0 spiro atoms. The van der Waals surface area contributed by atoms with Crippen LogP contribution >= 0.6 is 0 Å². The van der Waals surface area contributed by atoms with Gasteiger partial charge < -0.3 is 4.42 Å². The molecule has 0 aliphatic heterocycles. The van der Waals surface area contributed by atoms with Gasteiger partial charge in [0.15, 0.2) is 0 Å². The molecule has 4 aromatic carbocycles. The highest BCUT2D eigenvalue weighted by Gasteiger charge is 2.14. The van der Waals surface area contributed by atoms with Crippen LogP contribution in [0.2, 0.25) is 0 Å². The van der Waals surface area contributed by atoms with Crippen molar-refractivity contribution in [3.8, 4) is 11.1 Å². The molecule has 5 aromatic rings. The number of rotatable bonds is 2. The first-order valence-electron chi connectivity index (χ1n) is 9.16. The summed E-state index contributed by atoms with van der Waals surface area (Å²) in [5, 5.41) is 4.87. The molecule has 0 amide bonds. The van der Waals surface area contributed by atoms with Crippen molar-refractivity contribution in [2.24, 2.45) is 0 Å². The van der Waals surface area contributed by atoms with Crippen LogP contribution in [0.1, 0.15) is 25.3 Å². The van der Waals surface area contributed by atoms with Crippen LogP contribution in [0.15, 0.2) is 83.3 Å². The molecule has 26 heavy (non-hydrogen) atoms. The van der Waals surface area contributed by atoms with Gasteiger partial charge in [-0.25, -0.2) is 0 Å². The fraction of sp³-hybridized carbons (Fsp3) is 0.120. The van der Waals surface area contributed by atoms with E-state index in [0.29, 0.717) is 5.92 Å². The van der Waals surface area contributed by atoms with E-state index in [0.717, 1.165) is 16.7 Å². The molecule has 0 radical (unpaired) electrons. The average Bonchev–Trinajstić information content (AvgIpc) is 3.05. The maximum atomic E-state index is 6.38. The quantitative estimate of drug-likeness (QED) is 0.325. The van der Waals surface area contributed by atoms with Crippen LogP contribution < -0.4 is 0 Å². The molecule has 1 aromatic heterocycles. The van der Waals surface area contributed by atoms with Crippen molar-refractivity contribution in [3.63, 3.8) is 0 Å². The van der Waals surface area contributed by atoms with Crippen LogP contribution in [0, 0.1) is 0 Å². The fourth-order valence-corrected chi connectivity index (χ4v) is 3.85. The maximum Gasteiger partial charge on any atom is 0.143 e. The van der Waals surface area contributed by atoms with Crippen LogP contribution in [0.3, 0.4) is 0 Å². The molecule has 1 heterocycles. The zero-order valence-corrected chi connectivity index (χ0v) is 15.0. The first-order chi connectivity index (χ1) is 12.7. The summed E-state index contributed by atoms with van der Waals surface area (Å²) in [5.74, 6) is 0.491. The molecule has 0 saturated heterocycles. The van der Waals surface area contributed by atoms with Crippen LogP contribution in [-0.2, 0) is 0 Å². The van der Waals surface area contributed by atoms with E-state index in [4.69, 9.17) is 4.42 Å². The zero-order chi connectivity index (χ0) is 17.7. The Balaban J connectivity index is 1.84. The summed E-state index contributed by atoms with van der Waals surface area (Å²) >= 11 is 0. The van der Waals surface area contributed by atoms with Crippen LogP contribution in [0.4, 0.5) is 0 Å². The van der Waals surface area contributed by atoms with E-state index in [1.165, 1.54) is 32.7 Å². The van der Waals surface area contributed by atoms with Gasteiger partial charge in [0.1, 0.15) is 11.2 Å². The third-order valence-electron chi connectivity index (χ3n) is 5.27. The first-order valence-corrected chi connectivity index (χ1v) is 9.16. The molecule has 0 saturated carbocycles. The molecule has 1 nitrogen and oxygen atoms in total. The molecule has 1 heteroatoms. The van der Waals surface area contributed by atoms with Gasteiger partial charge in [0.05, 0.1) is 0 Å². The van der Waals surface area contributed by atoms with E-state index in [2.05, 4.69) is 92.7 Å². The largest absolute Gasteiger partial charge is 0.455 e. The zero-order valence-electron chi connectivity index (χ0n) is 15.0. The van der Waals surface area contributed by atoms with Gasteiger partial charge in [0.25, 0.3) is 0 Å². The lowest BCUT2D eigenvalue weighted by atomic mass is 9.96. The average molecular weight is 336 g/mol. The van der Waals surface area contributed by atoms with Gasteiger partial charge in [0.2, 0.25) is 0 Å².